The second-order valence-electron chi connectivity index (χ2n) is 4.71. The van der Waals surface area contributed by atoms with Gasteiger partial charge in [-0.15, -0.1) is 0 Å². The summed E-state index contributed by atoms with van der Waals surface area (Å²) in [6.45, 7) is 2.13. The summed E-state index contributed by atoms with van der Waals surface area (Å²) in [5.41, 5.74) is 3.79. The molecule has 2 aromatic carbocycles. The van der Waals surface area contributed by atoms with Crippen LogP contribution in [0.15, 0.2) is 30.3 Å². The number of aliphatic hydroxyl groups excluding tert-OH is 1. The highest BCUT2D eigenvalue weighted by atomic mass is 16.3. The molecule has 0 amide bonds. The van der Waals surface area contributed by atoms with Gasteiger partial charge in [0.1, 0.15) is 0 Å². The molecule has 0 bridgehead atoms. The van der Waals surface area contributed by atoms with E-state index in [1.54, 1.807) is 0 Å². The average Bonchev–Trinajstić information content (AvgIpc) is 2.31. The Labute approximate surface area is 95.7 Å². The smallest absolute Gasteiger partial charge is 0.0793 e. The maximum Gasteiger partial charge on any atom is 0.0793 e. The number of hydrogen-bond acceptors (Lipinski definition) is 1. The summed E-state index contributed by atoms with van der Waals surface area (Å²) in [4.78, 5) is 0. The van der Waals surface area contributed by atoms with E-state index in [0.717, 1.165) is 24.8 Å². The third-order valence-electron chi connectivity index (χ3n) is 3.66. The maximum absolute atomic E-state index is 10.0. The van der Waals surface area contributed by atoms with Gasteiger partial charge in [-0.1, -0.05) is 30.3 Å². The fourth-order valence-corrected chi connectivity index (χ4v) is 2.85. The lowest BCUT2D eigenvalue weighted by molar-refractivity contribution is 0.157. The Kier molecular flexibility index (Phi) is 2.22. The minimum atomic E-state index is -0.257. The number of rotatable bonds is 0. The molecule has 2 aromatic rings. The lowest BCUT2D eigenvalue weighted by atomic mass is 9.84. The standard InChI is InChI=1S/C15H16O/c1-10-9-14-13(7-4-8-15(14)16)12-6-3-2-5-11(10)12/h2-3,5-6,9,15-16H,4,7-8H2,1H3/t15-/m0/s1. The van der Waals surface area contributed by atoms with E-state index in [4.69, 9.17) is 0 Å². The Bertz CT molecular complexity index is 542. The van der Waals surface area contributed by atoms with Crippen molar-refractivity contribution in [1.82, 2.24) is 0 Å². The van der Waals surface area contributed by atoms with Crippen LogP contribution in [0.3, 0.4) is 0 Å². The molecule has 16 heavy (non-hydrogen) atoms. The molecule has 0 unspecified atom stereocenters. The molecule has 0 fully saturated rings. The van der Waals surface area contributed by atoms with Crippen molar-refractivity contribution >= 4 is 10.8 Å². The minimum Gasteiger partial charge on any atom is -0.388 e. The van der Waals surface area contributed by atoms with Crippen LogP contribution in [0.1, 0.15) is 35.6 Å². The second kappa shape index (κ2) is 3.60. The van der Waals surface area contributed by atoms with Crippen molar-refractivity contribution < 1.29 is 5.11 Å². The van der Waals surface area contributed by atoms with Gasteiger partial charge in [-0.25, -0.2) is 0 Å². The van der Waals surface area contributed by atoms with E-state index < -0.39 is 0 Å². The van der Waals surface area contributed by atoms with E-state index in [1.165, 1.54) is 21.9 Å². The molecule has 1 heteroatoms. The SMILES string of the molecule is Cc1cc2c(c3ccccc13)CCC[C@@H]2O. The van der Waals surface area contributed by atoms with Gasteiger partial charge in [-0.3, -0.25) is 0 Å². The van der Waals surface area contributed by atoms with Gasteiger partial charge in [0.2, 0.25) is 0 Å². The third kappa shape index (κ3) is 1.35. The first-order chi connectivity index (χ1) is 7.77. The van der Waals surface area contributed by atoms with Crippen molar-refractivity contribution in [2.45, 2.75) is 32.3 Å². The lowest BCUT2D eigenvalue weighted by Crippen LogP contribution is -2.10. The van der Waals surface area contributed by atoms with Gasteiger partial charge in [0.15, 0.2) is 0 Å². The first-order valence-electron chi connectivity index (χ1n) is 5.96. The predicted molar refractivity (Wildman–Crippen MR) is 66.6 cm³/mol. The summed E-state index contributed by atoms with van der Waals surface area (Å²) in [6, 6.07) is 10.7. The molecular weight excluding hydrogens is 196 g/mol. The molecule has 0 heterocycles. The van der Waals surface area contributed by atoms with Crippen LogP contribution in [-0.2, 0) is 6.42 Å². The summed E-state index contributed by atoms with van der Waals surface area (Å²) in [5, 5.41) is 12.7. The van der Waals surface area contributed by atoms with Crippen molar-refractivity contribution in [3.05, 3.63) is 47.0 Å². The van der Waals surface area contributed by atoms with Gasteiger partial charge in [0, 0.05) is 0 Å². The molecule has 1 nitrogen and oxygen atoms in total. The Balaban J connectivity index is 2.38. The molecule has 0 spiro atoms. The summed E-state index contributed by atoms with van der Waals surface area (Å²) in [5.74, 6) is 0. The molecule has 1 aliphatic carbocycles. The predicted octanol–water partition coefficient (Wildman–Crippen LogP) is 3.52. The lowest BCUT2D eigenvalue weighted by Gasteiger charge is -2.24. The van der Waals surface area contributed by atoms with Gasteiger partial charge in [-0.05, 0) is 53.6 Å². The molecule has 0 aliphatic heterocycles. The first-order valence-corrected chi connectivity index (χ1v) is 5.96. The molecule has 1 aliphatic rings. The van der Waals surface area contributed by atoms with E-state index in [-0.39, 0.29) is 6.10 Å². The second-order valence-corrected chi connectivity index (χ2v) is 4.71. The van der Waals surface area contributed by atoms with Crippen molar-refractivity contribution in [2.75, 3.05) is 0 Å². The molecular formula is C15H16O. The summed E-state index contributed by atoms with van der Waals surface area (Å²) >= 11 is 0. The van der Waals surface area contributed by atoms with Crippen LogP contribution >= 0.6 is 0 Å². The monoisotopic (exact) mass is 212 g/mol. The molecule has 1 N–H and O–H groups in total. The Morgan fingerprint density at radius 2 is 1.94 bits per heavy atom. The first kappa shape index (κ1) is 9.86. The van der Waals surface area contributed by atoms with Crippen LogP contribution < -0.4 is 0 Å². The van der Waals surface area contributed by atoms with Crippen LogP contribution in [0.25, 0.3) is 10.8 Å². The van der Waals surface area contributed by atoms with Crippen molar-refractivity contribution in [3.8, 4) is 0 Å². The number of aliphatic hydroxyl groups is 1. The van der Waals surface area contributed by atoms with E-state index in [1.807, 2.05) is 0 Å². The van der Waals surface area contributed by atoms with Crippen molar-refractivity contribution in [1.29, 1.82) is 0 Å². The van der Waals surface area contributed by atoms with E-state index in [9.17, 15) is 5.11 Å². The number of fused-ring (bicyclic) bond motifs is 3. The normalized spacial score (nSPS) is 19.8. The molecule has 0 aromatic heterocycles. The minimum absolute atomic E-state index is 0.257. The third-order valence-corrected chi connectivity index (χ3v) is 3.66. The fourth-order valence-electron chi connectivity index (χ4n) is 2.85. The van der Waals surface area contributed by atoms with E-state index >= 15 is 0 Å². The van der Waals surface area contributed by atoms with Crippen LogP contribution in [0.4, 0.5) is 0 Å². The fraction of sp³-hybridized carbons (Fsp3) is 0.333. The van der Waals surface area contributed by atoms with Gasteiger partial charge in [0.05, 0.1) is 6.10 Å². The summed E-state index contributed by atoms with van der Waals surface area (Å²) in [6.07, 6.45) is 2.85. The zero-order valence-electron chi connectivity index (χ0n) is 9.53. The van der Waals surface area contributed by atoms with Crippen LogP contribution in [-0.4, -0.2) is 5.11 Å². The highest BCUT2D eigenvalue weighted by Gasteiger charge is 2.20. The zero-order chi connectivity index (χ0) is 11.1. The number of benzene rings is 2. The zero-order valence-corrected chi connectivity index (χ0v) is 9.53. The van der Waals surface area contributed by atoms with Gasteiger partial charge in [-0.2, -0.15) is 0 Å². The van der Waals surface area contributed by atoms with Gasteiger partial charge >= 0.3 is 0 Å². The highest BCUT2D eigenvalue weighted by Crippen LogP contribution is 2.36. The van der Waals surface area contributed by atoms with Crippen LogP contribution in [0.5, 0.6) is 0 Å². The van der Waals surface area contributed by atoms with Crippen LogP contribution in [0.2, 0.25) is 0 Å². The quantitative estimate of drug-likeness (QED) is 0.708. The molecule has 0 saturated heterocycles. The topological polar surface area (TPSA) is 20.2 Å². The van der Waals surface area contributed by atoms with Gasteiger partial charge < -0.3 is 5.11 Å². The maximum atomic E-state index is 10.0. The summed E-state index contributed by atoms with van der Waals surface area (Å²) in [7, 11) is 0. The number of aryl methyl sites for hydroxylation is 2. The summed E-state index contributed by atoms with van der Waals surface area (Å²) < 4.78 is 0. The van der Waals surface area contributed by atoms with Crippen molar-refractivity contribution in [3.63, 3.8) is 0 Å². The van der Waals surface area contributed by atoms with Crippen LogP contribution in [0, 0.1) is 6.92 Å². The van der Waals surface area contributed by atoms with Crippen molar-refractivity contribution in [2.24, 2.45) is 0 Å². The molecule has 82 valence electrons. The largest absolute Gasteiger partial charge is 0.388 e. The Hall–Kier alpha value is -1.34. The Morgan fingerprint density at radius 3 is 2.75 bits per heavy atom. The van der Waals surface area contributed by atoms with E-state index in [2.05, 4.69) is 37.3 Å². The highest BCUT2D eigenvalue weighted by molar-refractivity contribution is 5.89. The number of hydrogen-bond donors (Lipinski definition) is 1. The molecule has 0 saturated carbocycles. The van der Waals surface area contributed by atoms with E-state index in [0.29, 0.717) is 0 Å². The Morgan fingerprint density at radius 1 is 1.19 bits per heavy atom. The average molecular weight is 212 g/mol. The molecule has 0 radical (unpaired) electrons. The van der Waals surface area contributed by atoms with Gasteiger partial charge in [0.25, 0.3) is 0 Å². The molecule has 3 rings (SSSR count). The molecule has 1 atom stereocenters.